The average Bonchev–Trinajstić information content (AvgIpc) is 3.25. The summed E-state index contributed by atoms with van der Waals surface area (Å²) in [6, 6.07) is 11.9. The zero-order valence-corrected chi connectivity index (χ0v) is 10.8. The van der Waals surface area contributed by atoms with E-state index in [1.807, 2.05) is 30.3 Å². The summed E-state index contributed by atoms with van der Waals surface area (Å²) < 4.78 is 14.0. The Morgan fingerprint density at radius 1 is 1.21 bits per heavy atom. The molecule has 19 heavy (non-hydrogen) atoms. The number of aromatic nitrogens is 1. The van der Waals surface area contributed by atoms with Crippen LogP contribution < -0.4 is 5.32 Å². The van der Waals surface area contributed by atoms with Crippen LogP contribution in [0.15, 0.2) is 42.6 Å². The van der Waals surface area contributed by atoms with Crippen molar-refractivity contribution >= 4 is 0 Å². The molecule has 1 saturated carbocycles. The van der Waals surface area contributed by atoms with Crippen LogP contribution in [0.1, 0.15) is 29.7 Å². The van der Waals surface area contributed by atoms with Crippen molar-refractivity contribution in [2.24, 2.45) is 0 Å². The first-order valence-electron chi connectivity index (χ1n) is 6.72. The first-order chi connectivity index (χ1) is 9.31. The maximum absolute atomic E-state index is 14.0. The van der Waals surface area contributed by atoms with Gasteiger partial charge in [0.25, 0.3) is 0 Å². The minimum atomic E-state index is -0.138. The van der Waals surface area contributed by atoms with Crippen LogP contribution in [0.5, 0.6) is 0 Å². The highest BCUT2D eigenvalue weighted by molar-refractivity contribution is 5.28. The summed E-state index contributed by atoms with van der Waals surface area (Å²) >= 11 is 0. The van der Waals surface area contributed by atoms with Crippen molar-refractivity contribution < 1.29 is 4.39 Å². The summed E-state index contributed by atoms with van der Waals surface area (Å²) in [5.74, 6) is -0.138. The van der Waals surface area contributed by atoms with Crippen molar-refractivity contribution in [2.75, 3.05) is 0 Å². The van der Waals surface area contributed by atoms with Crippen molar-refractivity contribution in [1.29, 1.82) is 0 Å². The van der Waals surface area contributed by atoms with Crippen molar-refractivity contribution in [3.05, 3.63) is 65.2 Å². The van der Waals surface area contributed by atoms with Gasteiger partial charge in [-0.3, -0.25) is 4.98 Å². The van der Waals surface area contributed by atoms with Crippen LogP contribution in [0.2, 0.25) is 0 Å². The lowest BCUT2D eigenvalue weighted by Gasteiger charge is -2.07. The van der Waals surface area contributed by atoms with Crippen LogP contribution in [0.4, 0.5) is 4.39 Å². The maximum Gasteiger partial charge on any atom is 0.127 e. The summed E-state index contributed by atoms with van der Waals surface area (Å²) in [4.78, 5) is 4.23. The van der Waals surface area contributed by atoms with E-state index < -0.39 is 0 Å². The minimum Gasteiger partial charge on any atom is -0.310 e. The molecule has 0 radical (unpaired) electrons. The first kappa shape index (κ1) is 12.3. The quantitative estimate of drug-likeness (QED) is 0.889. The molecule has 1 aliphatic carbocycles. The van der Waals surface area contributed by atoms with Gasteiger partial charge < -0.3 is 5.32 Å². The Kier molecular flexibility index (Phi) is 3.56. The van der Waals surface area contributed by atoms with Crippen LogP contribution >= 0.6 is 0 Å². The van der Waals surface area contributed by atoms with Gasteiger partial charge in [-0.15, -0.1) is 0 Å². The Morgan fingerprint density at radius 3 is 2.79 bits per heavy atom. The summed E-state index contributed by atoms with van der Waals surface area (Å²) in [5, 5.41) is 3.39. The topological polar surface area (TPSA) is 24.9 Å². The molecule has 1 aromatic heterocycles. The van der Waals surface area contributed by atoms with E-state index in [9.17, 15) is 4.39 Å². The van der Waals surface area contributed by atoms with Crippen LogP contribution in [-0.4, -0.2) is 11.0 Å². The fraction of sp³-hybridized carbons (Fsp3) is 0.312. The molecule has 0 bridgehead atoms. The molecule has 1 N–H and O–H groups in total. The van der Waals surface area contributed by atoms with E-state index in [2.05, 4.69) is 10.3 Å². The van der Waals surface area contributed by atoms with E-state index in [0.717, 1.165) is 17.8 Å². The van der Waals surface area contributed by atoms with E-state index in [-0.39, 0.29) is 5.82 Å². The molecule has 2 nitrogen and oxygen atoms in total. The van der Waals surface area contributed by atoms with E-state index in [1.165, 1.54) is 12.8 Å². The molecule has 98 valence electrons. The van der Waals surface area contributed by atoms with Gasteiger partial charge in [0, 0.05) is 30.9 Å². The van der Waals surface area contributed by atoms with E-state index >= 15 is 0 Å². The smallest absolute Gasteiger partial charge is 0.127 e. The summed E-state index contributed by atoms with van der Waals surface area (Å²) in [6.45, 7) is 0.755. The lowest BCUT2D eigenvalue weighted by atomic mass is 10.1. The molecule has 1 heterocycles. The second-order valence-corrected chi connectivity index (χ2v) is 5.08. The first-order valence-corrected chi connectivity index (χ1v) is 6.72. The Balaban J connectivity index is 1.68. The highest BCUT2D eigenvalue weighted by Gasteiger charge is 2.20. The van der Waals surface area contributed by atoms with Gasteiger partial charge in [0.1, 0.15) is 5.82 Å². The molecule has 0 atom stereocenters. The van der Waals surface area contributed by atoms with Gasteiger partial charge in [0.2, 0.25) is 0 Å². The number of nitrogens with one attached hydrogen (secondary N) is 1. The Bertz CT molecular complexity index is 550. The van der Waals surface area contributed by atoms with Gasteiger partial charge in [-0.2, -0.15) is 0 Å². The predicted octanol–water partition coefficient (Wildman–Crippen LogP) is 3.06. The molecule has 3 rings (SSSR count). The van der Waals surface area contributed by atoms with Crippen LogP contribution in [0, 0.1) is 5.82 Å². The molecule has 0 spiro atoms. The third kappa shape index (κ3) is 3.38. The largest absolute Gasteiger partial charge is 0.310 e. The van der Waals surface area contributed by atoms with E-state index in [1.54, 1.807) is 12.3 Å². The number of pyridine rings is 1. The lowest BCUT2D eigenvalue weighted by Crippen LogP contribution is -2.15. The highest BCUT2D eigenvalue weighted by Crippen LogP contribution is 2.20. The zero-order chi connectivity index (χ0) is 13.1. The number of benzene rings is 1. The van der Waals surface area contributed by atoms with Crippen molar-refractivity contribution in [3.8, 4) is 0 Å². The molecular formula is C16H17FN2. The highest BCUT2D eigenvalue weighted by atomic mass is 19.1. The molecule has 1 aromatic carbocycles. The maximum atomic E-state index is 14.0. The van der Waals surface area contributed by atoms with Gasteiger partial charge in [-0.1, -0.05) is 18.2 Å². The van der Waals surface area contributed by atoms with Crippen LogP contribution in [0.3, 0.4) is 0 Å². The normalized spacial score (nSPS) is 14.6. The molecule has 1 aliphatic rings. The third-order valence-corrected chi connectivity index (χ3v) is 3.39. The predicted molar refractivity (Wildman–Crippen MR) is 73.3 cm³/mol. The average molecular weight is 256 g/mol. The van der Waals surface area contributed by atoms with Crippen molar-refractivity contribution in [3.63, 3.8) is 0 Å². The number of rotatable bonds is 5. The lowest BCUT2D eigenvalue weighted by molar-refractivity contribution is 0.606. The Hall–Kier alpha value is -1.74. The molecule has 2 aromatic rings. The van der Waals surface area contributed by atoms with Gasteiger partial charge in [-0.05, 0) is 42.2 Å². The fourth-order valence-corrected chi connectivity index (χ4v) is 2.09. The van der Waals surface area contributed by atoms with Gasteiger partial charge in [0.05, 0.1) is 0 Å². The minimum absolute atomic E-state index is 0.138. The summed E-state index contributed by atoms with van der Waals surface area (Å²) in [7, 11) is 0. The third-order valence-electron chi connectivity index (χ3n) is 3.39. The summed E-state index contributed by atoms with van der Waals surface area (Å²) in [5.41, 5.74) is 2.60. The van der Waals surface area contributed by atoms with Crippen molar-refractivity contribution in [2.45, 2.75) is 31.8 Å². The number of nitrogens with zero attached hydrogens (tertiary/aromatic N) is 1. The monoisotopic (exact) mass is 256 g/mol. The molecule has 0 aliphatic heterocycles. The molecular weight excluding hydrogens is 239 g/mol. The van der Waals surface area contributed by atoms with E-state index in [0.29, 0.717) is 18.0 Å². The molecule has 0 amide bonds. The zero-order valence-electron chi connectivity index (χ0n) is 10.8. The summed E-state index contributed by atoms with van der Waals surface area (Å²) in [6.07, 6.45) is 4.78. The standard InChI is InChI=1S/C16H17FN2/c17-16-9-12(11-19-14-6-7-14)4-5-13(16)10-15-3-1-2-8-18-15/h1-5,8-9,14,19H,6-7,10-11H2. The van der Waals surface area contributed by atoms with E-state index in [4.69, 9.17) is 0 Å². The van der Waals surface area contributed by atoms with Crippen molar-refractivity contribution in [1.82, 2.24) is 10.3 Å². The molecule has 0 saturated heterocycles. The van der Waals surface area contributed by atoms with Crippen LogP contribution in [-0.2, 0) is 13.0 Å². The second kappa shape index (κ2) is 5.49. The Labute approximate surface area is 112 Å². The number of hydrogen-bond acceptors (Lipinski definition) is 2. The van der Waals surface area contributed by atoms with Gasteiger partial charge in [0.15, 0.2) is 0 Å². The molecule has 0 unspecified atom stereocenters. The van der Waals surface area contributed by atoms with Gasteiger partial charge >= 0.3 is 0 Å². The Morgan fingerprint density at radius 2 is 2.11 bits per heavy atom. The SMILES string of the molecule is Fc1cc(CNC2CC2)ccc1Cc1ccccn1. The number of halogens is 1. The number of hydrogen-bond donors (Lipinski definition) is 1. The molecule has 1 fully saturated rings. The van der Waals surface area contributed by atoms with Crippen LogP contribution in [0.25, 0.3) is 0 Å². The molecule has 3 heteroatoms. The fourth-order valence-electron chi connectivity index (χ4n) is 2.09. The van der Waals surface area contributed by atoms with Gasteiger partial charge in [-0.25, -0.2) is 4.39 Å². The second-order valence-electron chi connectivity index (χ2n) is 5.08.